The van der Waals surface area contributed by atoms with E-state index in [0.29, 0.717) is 10.6 Å². The van der Waals surface area contributed by atoms with Crippen molar-refractivity contribution in [3.8, 4) is 5.75 Å². The van der Waals surface area contributed by atoms with Crippen LogP contribution >= 0.6 is 11.6 Å². The van der Waals surface area contributed by atoms with Crippen LogP contribution in [0.1, 0.15) is 24.8 Å². The molecular weight excluding hydrogens is 260 g/mol. The van der Waals surface area contributed by atoms with Crippen LogP contribution in [0.2, 0.25) is 5.02 Å². The van der Waals surface area contributed by atoms with E-state index in [2.05, 4.69) is 30.9 Å². The van der Waals surface area contributed by atoms with Gasteiger partial charge in [-0.2, -0.15) is 0 Å². The maximum absolute atomic E-state index is 9.43. The van der Waals surface area contributed by atoms with E-state index in [0.717, 1.165) is 18.7 Å². The van der Waals surface area contributed by atoms with Crippen LogP contribution in [-0.4, -0.2) is 48.1 Å². The molecule has 0 atom stereocenters. The first-order valence-electron chi connectivity index (χ1n) is 6.76. The summed E-state index contributed by atoms with van der Waals surface area (Å²) in [5.41, 5.74) is 1.48. The molecule has 2 rings (SSSR count). The molecule has 1 aromatic carbocycles. The molecular formula is C15H23ClN2O. The zero-order chi connectivity index (χ0) is 14.0. The summed E-state index contributed by atoms with van der Waals surface area (Å²) in [5, 5.41) is 9.86. The van der Waals surface area contributed by atoms with Crippen molar-refractivity contribution in [3.63, 3.8) is 0 Å². The smallest absolute Gasteiger partial charge is 0.134 e. The van der Waals surface area contributed by atoms with Gasteiger partial charge in [0.2, 0.25) is 0 Å². The highest BCUT2D eigenvalue weighted by Gasteiger charge is 2.39. The number of benzene rings is 1. The van der Waals surface area contributed by atoms with Crippen LogP contribution < -0.4 is 0 Å². The SMILES string of the molecule is CN(Cc1ccc(O)c(Cl)c1)CC1(N(C)C)CCC1. The summed E-state index contributed by atoms with van der Waals surface area (Å²) in [4.78, 5) is 4.69. The molecule has 106 valence electrons. The van der Waals surface area contributed by atoms with E-state index in [4.69, 9.17) is 11.6 Å². The average molecular weight is 283 g/mol. The lowest BCUT2D eigenvalue weighted by Crippen LogP contribution is -2.56. The lowest BCUT2D eigenvalue weighted by molar-refractivity contribution is 0.0259. The van der Waals surface area contributed by atoms with Gasteiger partial charge in [-0.05, 0) is 58.1 Å². The van der Waals surface area contributed by atoms with Crippen molar-refractivity contribution in [1.29, 1.82) is 0 Å². The first-order chi connectivity index (χ1) is 8.93. The molecule has 0 aliphatic heterocycles. The normalized spacial score (nSPS) is 17.8. The number of hydrogen-bond acceptors (Lipinski definition) is 3. The van der Waals surface area contributed by atoms with E-state index < -0.39 is 0 Å². The third-order valence-electron chi connectivity index (χ3n) is 4.26. The molecule has 3 nitrogen and oxygen atoms in total. The highest BCUT2D eigenvalue weighted by atomic mass is 35.5. The van der Waals surface area contributed by atoms with Gasteiger partial charge in [-0.15, -0.1) is 0 Å². The monoisotopic (exact) mass is 282 g/mol. The van der Waals surface area contributed by atoms with Crippen LogP contribution in [0.25, 0.3) is 0 Å². The van der Waals surface area contributed by atoms with Crippen molar-refractivity contribution in [2.24, 2.45) is 0 Å². The number of hydrogen-bond donors (Lipinski definition) is 1. The fraction of sp³-hybridized carbons (Fsp3) is 0.600. The predicted molar refractivity (Wildman–Crippen MR) is 79.7 cm³/mol. The number of likely N-dealkylation sites (N-methyl/N-ethyl adjacent to an activating group) is 2. The van der Waals surface area contributed by atoms with Crippen molar-refractivity contribution >= 4 is 11.6 Å². The molecule has 0 heterocycles. The molecule has 1 fully saturated rings. The van der Waals surface area contributed by atoms with Gasteiger partial charge in [-0.1, -0.05) is 17.7 Å². The van der Waals surface area contributed by atoms with Gasteiger partial charge in [0.05, 0.1) is 5.02 Å². The third-order valence-corrected chi connectivity index (χ3v) is 4.56. The number of halogens is 1. The van der Waals surface area contributed by atoms with E-state index in [1.807, 2.05) is 12.1 Å². The zero-order valence-corrected chi connectivity index (χ0v) is 12.7. The fourth-order valence-electron chi connectivity index (χ4n) is 2.85. The first-order valence-corrected chi connectivity index (χ1v) is 7.14. The van der Waals surface area contributed by atoms with Gasteiger partial charge in [0.1, 0.15) is 5.75 Å². The molecule has 0 aromatic heterocycles. The molecule has 0 unspecified atom stereocenters. The van der Waals surface area contributed by atoms with Gasteiger partial charge in [0.15, 0.2) is 0 Å². The van der Waals surface area contributed by atoms with Crippen molar-refractivity contribution in [2.75, 3.05) is 27.7 Å². The Morgan fingerprint density at radius 2 is 1.95 bits per heavy atom. The third kappa shape index (κ3) is 3.22. The molecule has 0 bridgehead atoms. The summed E-state index contributed by atoms with van der Waals surface area (Å²) in [7, 11) is 6.49. The number of phenols is 1. The Morgan fingerprint density at radius 3 is 2.42 bits per heavy atom. The minimum Gasteiger partial charge on any atom is -0.506 e. The number of rotatable bonds is 5. The van der Waals surface area contributed by atoms with Crippen LogP contribution in [0.3, 0.4) is 0 Å². The Bertz CT molecular complexity index is 444. The van der Waals surface area contributed by atoms with Gasteiger partial charge in [-0.3, -0.25) is 0 Å². The topological polar surface area (TPSA) is 26.7 Å². The van der Waals surface area contributed by atoms with Gasteiger partial charge in [-0.25, -0.2) is 0 Å². The second-order valence-electron chi connectivity index (χ2n) is 5.93. The largest absolute Gasteiger partial charge is 0.506 e. The maximum Gasteiger partial charge on any atom is 0.134 e. The van der Waals surface area contributed by atoms with Crippen LogP contribution in [0.5, 0.6) is 5.75 Å². The highest BCUT2D eigenvalue weighted by molar-refractivity contribution is 6.32. The Balaban J connectivity index is 1.97. The molecule has 0 radical (unpaired) electrons. The van der Waals surface area contributed by atoms with E-state index in [1.54, 1.807) is 6.07 Å². The Labute approximate surface area is 120 Å². The quantitative estimate of drug-likeness (QED) is 0.899. The fourth-order valence-corrected chi connectivity index (χ4v) is 3.05. The summed E-state index contributed by atoms with van der Waals surface area (Å²) >= 11 is 5.94. The molecule has 1 aliphatic carbocycles. The molecule has 0 amide bonds. The summed E-state index contributed by atoms with van der Waals surface area (Å²) in [5.74, 6) is 0.150. The van der Waals surface area contributed by atoms with Crippen molar-refractivity contribution in [2.45, 2.75) is 31.3 Å². The Hall–Kier alpha value is -0.770. The van der Waals surface area contributed by atoms with Crippen molar-refractivity contribution in [3.05, 3.63) is 28.8 Å². The van der Waals surface area contributed by atoms with Crippen LogP contribution in [0.4, 0.5) is 0 Å². The predicted octanol–water partition coefficient (Wildman–Crippen LogP) is 2.96. The van der Waals surface area contributed by atoms with Crippen molar-refractivity contribution < 1.29 is 5.11 Å². The van der Waals surface area contributed by atoms with E-state index >= 15 is 0 Å². The highest BCUT2D eigenvalue weighted by Crippen LogP contribution is 2.37. The van der Waals surface area contributed by atoms with Gasteiger partial charge in [0, 0.05) is 18.6 Å². The Morgan fingerprint density at radius 1 is 1.26 bits per heavy atom. The molecule has 19 heavy (non-hydrogen) atoms. The first kappa shape index (κ1) is 14.6. The summed E-state index contributed by atoms with van der Waals surface area (Å²) in [6, 6.07) is 5.44. The minimum atomic E-state index is 0.150. The van der Waals surface area contributed by atoms with Gasteiger partial charge >= 0.3 is 0 Å². The molecule has 1 saturated carbocycles. The zero-order valence-electron chi connectivity index (χ0n) is 12.0. The number of phenolic OH excluding ortho intramolecular Hbond substituents is 1. The molecule has 1 aliphatic rings. The van der Waals surface area contributed by atoms with E-state index in [-0.39, 0.29) is 5.75 Å². The minimum absolute atomic E-state index is 0.150. The molecule has 4 heteroatoms. The van der Waals surface area contributed by atoms with Crippen LogP contribution in [-0.2, 0) is 6.54 Å². The van der Waals surface area contributed by atoms with Crippen LogP contribution in [0.15, 0.2) is 18.2 Å². The second kappa shape index (κ2) is 5.70. The average Bonchev–Trinajstić information content (AvgIpc) is 2.28. The number of aromatic hydroxyl groups is 1. The van der Waals surface area contributed by atoms with E-state index in [9.17, 15) is 5.11 Å². The molecule has 1 aromatic rings. The molecule has 1 N–H and O–H groups in total. The van der Waals surface area contributed by atoms with E-state index in [1.165, 1.54) is 19.3 Å². The lowest BCUT2D eigenvalue weighted by Gasteiger charge is -2.49. The maximum atomic E-state index is 9.43. The summed E-state index contributed by atoms with van der Waals surface area (Å²) in [6.45, 7) is 1.92. The van der Waals surface area contributed by atoms with Gasteiger partial charge < -0.3 is 14.9 Å². The summed E-state index contributed by atoms with van der Waals surface area (Å²) in [6.07, 6.45) is 3.89. The second-order valence-corrected chi connectivity index (χ2v) is 6.34. The Kier molecular flexibility index (Phi) is 4.39. The molecule has 0 spiro atoms. The standard InChI is InChI=1S/C15H23ClN2O/c1-17(2)15(7-4-8-15)11-18(3)10-12-5-6-14(19)13(16)9-12/h5-6,9,19H,4,7-8,10-11H2,1-3H3. The van der Waals surface area contributed by atoms with Gasteiger partial charge in [0.25, 0.3) is 0 Å². The van der Waals surface area contributed by atoms with Crippen molar-refractivity contribution in [1.82, 2.24) is 9.80 Å². The van der Waals surface area contributed by atoms with Crippen LogP contribution in [0, 0.1) is 0 Å². The number of nitrogens with zero attached hydrogens (tertiary/aromatic N) is 2. The summed E-state index contributed by atoms with van der Waals surface area (Å²) < 4.78 is 0. The molecule has 0 saturated heterocycles. The lowest BCUT2D eigenvalue weighted by atomic mass is 9.75.